The Bertz CT molecular complexity index is 757. The summed E-state index contributed by atoms with van der Waals surface area (Å²) in [5.74, 6) is -1.17. The van der Waals surface area contributed by atoms with Crippen LogP contribution in [0.3, 0.4) is 0 Å². The molecule has 146 valence electrons. The fraction of sp³-hybridized carbons (Fsp3) is 0.500. The predicted molar refractivity (Wildman–Crippen MR) is 93.7 cm³/mol. The molecule has 2 heterocycles. The van der Waals surface area contributed by atoms with Crippen molar-refractivity contribution in [3.63, 3.8) is 0 Å². The number of likely N-dealkylation sites (tertiary alicyclic amines) is 1. The van der Waals surface area contributed by atoms with Crippen LogP contribution in [0, 0.1) is 5.82 Å². The maximum absolute atomic E-state index is 14.7. The van der Waals surface area contributed by atoms with E-state index in [1.54, 1.807) is 12.1 Å². The molecule has 2 aliphatic rings. The number of hydrogen-bond acceptors (Lipinski definition) is 5. The summed E-state index contributed by atoms with van der Waals surface area (Å²) in [6, 6.07) is 4.56. The molecule has 3 amide bonds. The second kappa shape index (κ2) is 7.91. The Kier molecular flexibility index (Phi) is 5.59. The van der Waals surface area contributed by atoms with Gasteiger partial charge in [0.1, 0.15) is 18.5 Å². The van der Waals surface area contributed by atoms with Crippen LogP contribution in [0.4, 0.5) is 14.9 Å². The van der Waals surface area contributed by atoms with E-state index >= 15 is 0 Å². The number of rotatable bonds is 5. The zero-order chi connectivity index (χ0) is 19.6. The van der Waals surface area contributed by atoms with Gasteiger partial charge in [0.05, 0.1) is 18.8 Å². The van der Waals surface area contributed by atoms with E-state index in [-0.39, 0.29) is 30.8 Å². The maximum Gasteiger partial charge on any atom is 0.414 e. The molecule has 0 aromatic heterocycles. The number of halogens is 1. The van der Waals surface area contributed by atoms with Gasteiger partial charge in [-0.15, -0.1) is 0 Å². The molecule has 0 radical (unpaired) electrons. The van der Waals surface area contributed by atoms with Crippen LogP contribution in [0.1, 0.15) is 24.8 Å². The normalized spacial score (nSPS) is 22.1. The van der Waals surface area contributed by atoms with Crippen LogP contribution in [0.5, 0.6) is 0 Å². The van der Waals surface area contributed by atoms with E-state index in [4.69, 9.17) is 9.84 Å². The molecule has 0 bridgehead atoms. The van der Waals surface area contributed by atoms with Crippen molar-refractivity contribution in [3.8, 4) is 0 Å². The van der Waals surface area contributed by atoms with Gasteiger partial charge in [-0.2, -0.15) is 0 Å². The number of hydrogen-bond donors (Lipinski definition) is 2. The first-order valence-corrected chi connectivity index (χ1v) is 8.79. The van der Waals surface area contributed by atoms with Gasteiger partial charge in [0.25, 0.3) is 0 Å². The minimum atomic E-state index is -0.585. The zero-order valence-electron chi connectivity index (χ0n) is 15.0. The van der Waals surface area contributed by atoms with Crippen molar-refractivity contribution in [2.24, 2.45) is 0 Å². The second-order valence-corrected chi connectivity index (χ2v) is 6.74. The molecule has 2 atom stereocenters. The highest BCUT2D eigenvalue weighted by atomic mass is 19.1. The molecule has 9 heteroatoms. The Morgan fingerprint density at radius 1 is 1.37 bits per heavy atom. The molecule has 0 saturated carbocycles. The third-order valence-corrected chi connectivity index (χ3v) is 4.86. The van der Waals surface area contributed by atoms with Gasteiger partial charge in [0.2, 0.25) is 11.8 Å². The van der Waals surface area contributed by atoms with Crippen molar-refractivity contribution in [1.82, 2.24) is 10.2 Å². The quantitative estimate of drug-likeness (QED) is 0.780. The molecule has 0 aliphatic carbocycles. The number of aliphatic hydroxyl groups excluding tert-OH is 1. The van der Waals surface area contributed by atoms with Crippen LogP contribution in [0.15, 0.2) is 18.2 Å². The Balaban J connectivity index is 1.67. The van der Waals surface area contributed by atoms with Crippen molar-refractivity contribution in [3.05, 3.63) is 29.6 Å². The number of aliphatic hydroxyl groups is 1. The molecule has 1 aromatic carbocycles. The van der Waals surface area contributed by atoms with Crippen LogP contribution in [0.2, 0.25) is 0 Å². The Labute approximate surface area is 155 Å². The van der Waals surface area contributed by atoms with E-state index in [1.807, 2.05) is 0 Å². The van der Waals surface area contributed by atoms with E-state index < -0.39 is 24.6 Å². The van der Waals surface area contributed by atoms with Crippen molar-refractivity contribution in [2.75, 3.05) is 37.7 Å². The Morgan fingerprint density at radius 2 is 2.15 bits per heavy atom. The highest BCUT2D eigenvalue weighted by Crippen LogP contribution is 2.32. The molecule has 8 nitrogen and oxygen atoms in total. The summed E-state index contributed by atoms with van der Waals surface area (Å²) in [5.41, 5.74) is 0.863. The molecular weight excluding hydrogens is 357 g/mol. The number of amides is 3. The van der Waals surface area contributed by atoms with Crippen LogP contribution in [-0.4, -0.2) is 66.8 Å². The summed E-state index contributed by atoms with van der Waals surface area (Å²) < 4.78 is 19.8. The molecule has 2 N–H and O–H groups in total. The van der Waals surface area contributed by atoms with E-state index in [0.717, 1.165) is 0 Å². The monoisotopic (exact) mass is 379 g/mol. The summed E-state index contributed by atoms with van der Waals surface area (Å²) in [5, 5.41) is 11.5. The fourth-order valence-electron chi connectivity index (χ4n) is 3.45. The molecule has 2 saturated heterocycles. The van der Waals surface area contributed by atoms with Crippen LogP contribution < -0.4 is 10.2 Å². The van der Waals surface area contributed by atoms with E-state index in [0.29, 0.717) is 30.8 Å². The third-order valence-electron chi connectivity index (χ3n) is 4.86. The second-order valence-electron chi connectivity index (χ2n) is 6.74. The number of ether oxygens (including phenoxy) is 1. The summed E-state index contributed by atoms with van der Waals surface area (Å²) >= 11 is 0. The smallest absolute Gasteiger partial charge is 0.414 e. The Hall–Kier alpha value is -2.68. The Morgan fingerprint density at radius 3 is 2.81 bits per heavy atom. The molecule has 3 rings (SSSR count). The van der Waals surface area contributed by atoms with E-state index in [2.05, 4.69) is 5.32 Å². The lowest BCUT2D eigenvalue weighted by atomic mass is 9.97. The predicted octanol–water partition coefficient (Wildman–Crippen LogP) is 0.595. The zero-order valence-corrected chi connectivity index (χ0v) is 15.0. The van der Waals surface area contributed by atoms with Gasteiger partial charge in [-0.3, -0.25) is 14.5 Å². The highest BCUT2D eigenvalue weighted by molar-refractivity contribution is 5.89. The van der Waals surface area contributed by atoms with Crippen LogP contribution in [-0.2, 0) is 14.3 Å². The van der Waals surface area contributed by atoms with Crippen LogP contribution in [0.25, 0.3) is 0 Å². The lowest BCUT2D eigenvalue weighted by molar-refractivity contribution is -0.133. The minimum Gasteiger partial charge on any atom is -0.442 e. The first kappa shape index (κ1) is 19.1. The van der Waals surface area contributed by atoms with Gasteiger partial charge in [-0.1, -0.05) is 6.07 Å². The number of anilines is 1. The summed E-state index contributed by atoms with van der Waals surface area (Å²) in [6.07, 6.45) is -0.456. The topological polar surface area (TPSA) is 99.2 Å². The lowest BCUT2D eigenvalue weighted by Crippen LogP contribution is -2.33. The first-order chi connectivity index (χ1) is 12.9. The number of nitrogens with zero attached hydrogens (tertiary/aromatic N) is 2. The molecule has 2 fully saturated rings. The van der Waals surface area contributed by atoms with Crippen molar-refractivity contribution >= 4 is 23.6 Å². The SMILES string of the molecule is CC(=O)NCC1CN(c2ccc(C3CCN(C(=O)CO)C3)c(F)c2)C(=O)O1. The average molecular weight is 379 g/mol. The lowest BCUT2D eigenvalue weighted by Gasteiger charge is -2.18. The summed E-state index contributed by atoms with van der Waals surface area (Å²) in [7, 11) is 0. The number of benzene rings is 1. The molecule has 1 aromatic rings. The van der Waals surface area contributed by atoms with Crippen LogP contribution >= 0.6 is 0 Å². The van der Waals surface area contributed by atoms with Gasteiger partial charge >= 0.3 is 6.09 Å². The number of cyclic esters (lactones) is 1. The summed E-state index contributed by atoms with van der Waals surface area (Å²) in [4.78, 5) is 37.4. The van der Waals surface area contributed by atoms with Gasteiger partial charge < -0.3 is 20.1 Å². The highest BCUT2D eigenvalue weighted by Gasteiger charge is 2.34. The maximum atomic E-state index is 14.7. The molecule has 2 aliphatic heterocycles. The van der Waals surface area contributed by atoms with Gasteiger partial charge in [-0.25, -0.2) is 9.18 Å². The first-order valence-electron chi connectivity index (χ1n) is 8.79. The average Bonchev–Trinajstić information content (AvgIpc) is 3.26. The van der Waals surface area contributed by atoms with Gasteiger partial charge in [0.15, 0.2) is 0 Å². The van der Waals surface area contributed by atoms with Gasteiger partial charge in [0, 0.05) is 25.9 Å². The van der Waals surface area contributed by atoms with Gasteiger partial charge in [-0.05, 0) is 24.1 Å². The largest absolute Gasteiger partial charge is 0.442 e. The number of carbonyl (C=O) groups excluding carboxylic acids is 3. The van der Waals surface area contributed by atoms with E-state index in [9.17, 15) is 18.8 Å². The molecule has 0 spiro atoms. The number of carbonyl (C=O) groups is 3. The minimum absolute atomic E-state index is 0.146. The van der Waals surface area contributed by atoms with Crippen molar-refractivity contribution in [2.45, 2.75) is 25.4 Å². The standard InChI is InChI=1S/C18H22FN3O5/c1-11(24)20-7-14-9-22(18(26)27-14)13-2-3-15(16(19)6-13)12-4-5-21(8-12)17(25)10-23/h2-3,6,12,14,23H,4-5,7-10H2,1H3,(H,20,24). The number of nitrogens with one attached hydrogen (secondary N) is 1. The van der Waals surface area contributed by atoms with Crippen molar-refractivity contribution in [1.29, 1.82) is 0 Å². The third kappa shape index (κ3) is 4.19. The van der Waals surface area contributed by atoms with Crippen molar-refractivity contribution < 1.29 is 28.6 Å². The molecule has 2 unspecified atom stereocenters. The summed E-state index contributed by atoms with van der Waals surface area (Å²) in [6.45, 7) is 2.09. The fourth-order valence-corrected chi connectivity index (χ4v) is 3.45. The molecule has 27 heavy (non-hydrogen) atoms. The van der Waals surface area contributed by atoms with E-state index in [1.165, 1.54) is 22.8 Å². The molecular formula is C18H22FN3O5.